The van der Waals surface area contributed by atoms with E-state index in [4.69, 9.17) is 9.47 Å². The van der Waals surface area contributed by atoms with Gasteiger partial charge in [-0.2, -0.15) is 0 Å². The summed E-state index contributed by atoms with van der Waals surface area (Å²) in [6.45, 7) is 1.96. The highest BCUT2D eigenvalue weighted by atomic mass is 79.9. The largest absolute Gasteiger partial charge is 0.497 e. The zero-order valence-electron chi connectivity index (χ0n) is 12.0. The molecule has 1 heterocycles. The van der Waals surface area contributed by atoms with Crippen molar-refractivity contribution in [1.29, 1.82) is 0 Å². The summed E-state index contributed by atoms with van der Waals surface area (Å²) < 4.78 is 11.7. The molecule has 2 rings (SSSR count). The van der Waals surface area contributed by atoms with Crippen molar-refractivity contribution in [2.24, 2.45) is 0 Å². The summed E-state index contributed by atoms with van der Waals surface area (Å²) in [5, 5.41) is 0. The predicted molar refractivity (Wildman–Crippen MR) is 84.3 cm³/mol. The van der Waals surface area contributed by atoms with Crippen LogP contribution in [-0.4, -0.2) is 26.3 Å². The summed E-state index contributed by atoms with van der Waals surface area (Å²) in [5.41, 5.74) is 1.84. The summed E-state index contributed by atoms with van der Waals surface area (Å²) in [5.74, 6) is 2.40. The van der Waals surface area contributed by atoms with Gasteiger partial charge in [-0.3, -0.25) is 0 Å². The van der Waals surface area contributed by atoms with Crippen LogP contribution in [0.15, 0.2) is 34.8 Å². The van der Waals surface area contributed by atoms with Crippen LogP contribution in [0, 0.1) is 6.92 Å². The van der Waals surface area contributed by atoms with E-state index in [1.165, 1.54) is 0 Å². The van der Waals surface area contributed by atoms with Crippen LogP contribution in [0.25, 0.3) is 0 Å². The number of hydrogen-bond acceptors (Lipinski definition) is 4. The van der Waals surface area contributed by atoms with Crippen molar-refractivity contribution in [3.05, 3.63) is 40.5 Å². The second kappa shape index (κ2) is 6.13. The SMILES string of the molecule is COc1ccc(OC)c(N(C)c2ccc(Br)c(C)n2)c1. The Morgan fingerprint density at radius 1 is 1.10 bits per heavy atom. The molecule has 0 aliphatic rings. The summed E-state index contributed by atoms with van der Waals surface area (Å²) in [4.78, 5) is 6.54. The van der Waals surface area contributed by atoms with Crippen molar-refractivity contribution in [3.63, 3.8) is 0 Å². The second-order valence-corrected chi connectivity index (χ2v) is 5.19. The summed E-state index contributed by atoms with van der Waals surface area (Å²) in [6, 6.07) is 9.63. The summed E-state index contributed by atoms with van der Waals surface area (Å²) >= 11 is 3.46. The van der Waals surface area contributed by atoms with E-state index in [0.717, 1.165) is 33.2 Å². The van der Waals surface area contributed by atoms with Crippen LogP contribution in [0.2, 0.25) is 0 Å². The molecule has 0 saturated heterocycles. The monoisotopic (exact) mass is 336 g/mol. The smallest absolute Gasteiger partial charge is 0.142 e. The Hall–Kier alpha value is -1.75. The van der Waals surface area contributed by atoms with E-state index in [9.17, 15) is 0 Å². The number of benzene rings is 1. The predicted octanol–water partition coefficient (Wildman–Crippen LogP) is 3.94. The fourth-order valence-electron chi connectivity index (χ4n) is 1.90. The molecule has 0 bridgehead atoms. The molecule has 0 fully saturated rings. The topological polar surface area (TPSA) is 34.6 Å². The first kappa shape index (κ1) is 14.7. The molecule has 0 N–H and O–H groups in total. The van der Waals surface area contributed by atoms with E-state index >= 15 is 0 Å². The Kier molecular flexibility index (Phi) is 4.49. The fourth-order valence-corrected chi connectivity index (χ4v) is 2.12. The Morgan fingerprint density at radius 2 is 1.85 bits per heavy atom. The third-order valence-electron chi connectivity index (χ3n) is 3.10. The average molecular weight is 337 g/mol. The summed E-state index contributed by atoms with van der Waals surface area (Å²) in [7, 11) is 5.25. The molecule has 0 atom stereocenters. The van der Waals surface area contributed by atoms with Crippen molar-refractivity contribution in [2.45, 2.75) is 6.92 Å². The van der Waals surface area contributed by atoms with Crippen LogP contribution in [0.4, 0.5) is 11.5 Å². The van der Waals surface area contributed by atoms with Gasteiger partial charge in [-0.15, -0.1) is 0 Å². The third-order valence-corrected chi connectivity index (χ3v) is 3.94. The number of anilines is 2. The van der Waals surface area contributed by atoms with Crippen LogP contribution in [-0.2, 0) is 0 Å². The van der Waals surface area contributed by atoms with Crippen molar-refractivity contribution >= 4 is 27.4 Å². The number of rotatable bonds is 4. The Balaban J connectivity index is 2.45. The first-order valence-electron chi connectivity index (χ1n) is 6.15. The van der Waals surface area contributed by atoms with Crippen molar-refractivity contribution < 1.29 is 9.47 Å². The maximum Gasteiger partial charge on any atom is 0.142 e. The van der Waals surface area contributed by atoms with Crippen molar-refractivity contribution in [1.82, 2.24) is 4.98 Å². The van der Waals surface area contributed by atoms with Crippen LogP contribution in [0.5, 0.6) is 11.5 Å². The number of ether oxygens (including phenoxy) is 2. The molecule has 4 nitrogen and oxygen atoms in total. The Bertz CT molecular complexity index is 617. The number of hydrogen-bond donors (Lipinski definition) is 0. The first-order chi connectivity index (χ1) is 9.56. The van der Waals surface area contributed by atoms with E-state index in [1.54, 1.807) is 14.2 Å². The lowest BCUT2D eigenvalue weighted by atomic mass is 10.2. The molecule has 1 aromatic heterocycles. The minimum absolute atomic E-state index is 0.774. The van der Waals surface area contributed by atoms with E-state index in [-0.39, 0.29) is 0 Å². The van der Waals surface area contributed by atoms with Gasteiger partial charge in [0, 0.05) is 17.6 Å². The van der Waals surface area contributed by atoms with E-state index < -0.39 is 0 Å². The van der Waals surface area contributed by atoms with Gasteiger partial charge in [0.2, 0.25) is 0 Å². The van der Waals surface area contributed by atoms with Gasteiger partial charge in [0.05, 0.1) is 25.6 Å². The van der Waals surface area contributed by atoms with E-state index in [1.807, 2.05) is 49.2 Å². The molecule has 2 aromatic rings. The highest BCUT2D eigenvalue weighted by Gasteiger charge is 2.13. The number of aryl methyl sites for hydroxylation is 1. The number of pyridine rings is 1. The number of halogens is 1. The molecule has 0 aliphatic carbocycles. The molecule has 1 aromatic carbocycles. The van der Waals surface area contributed by atoms with Gasteiger partial charge in [-0.1, -0.05) is 0 Å². The van der Waals surface area contributed by atoms with Gasteiger partial charge in [-0.25, -0.2) is 4.98 Å². The minimum atomic E-state index is 0.774. The van der Waals surface area contributed by atoms with Gasteiger partial charge in [-0.05, 0) is 47.1 Å². The van der Waals surface area contributed by atoms with Crippen LogP contribution in [0.1, 0.15) is 5.69 Å². The number of aromatic nitrogens is 1. The van der Waals surface area contributed by atoms with Gasteiger partial charge >= 0.3 is 0 Å². The van der Waals surface area contributed by atoms with E-state index in [0.29, 0.717) is 0 Å². The number of nitrogens with zero attached hydrogens (tertiary/aromatic N) is 2. The lowest BCUT2D eigenvalue weighted by Gasteiger charge is -2.22. The average Bonchev–Trinajstić information content (AvgIpc) is 2.48. The van der Waals surface area contributed by atoms with Gasteiger partial charge in [0.1, 0.15) is 17.3 Å². The lowest BCUT2D eigenvalue weighted by Crippen LogP contribution is -2.13. The Labute approximate surface area is 127 Å². The fraction of sp³-hybridized carbons (Fsp3) is 0.267. The van der Waals surface area contributed by atoms with Crippen LogP contribution < -0.4 is 14.4 Å². The minimum Gasteiger partial charge on any atom is -0.497 e. The lowest BCUT2D eigenvalue weighted by molar-refractivity contribution is 0.404. The molecule has 0 saturated carbocycles. The molecule has 20 heavy (non-hydrogen) atoms. The van der Waals surface area contributed by atoms with Crippen LogP contribution in [0.3, 0.4) is 0 Å². The third kappa shape index (κ3) is 2.88. The summed E-state index contributed by atoms with van der Waals surface area (Å²) in [6.07, 6.45) is 0. The standard InChI is InChI=1S/C15H17BrN2O2/c1-10-12(16)6-8-15(17-10)18(2)13-9-11(19-3)5-7-14(13)20-4/h5-9H,1-4H3. The van der Waals surface area contributed by atoms with Gasteiger partial charge in [0.25, 0.3) is 0 Å². The quantitative estimate of drug-likeness (QED) is 0.846. The van der Waals surface area contributed by atoms with Crippen molar-refractivity contribution in [3.8, 4) is 11.5 Å². The maximum atomic E-state index is 5.41. The molecule has 0 amide bonds. The molecule has 0 radical (unpaired) electrons. The molecule has 0 unspecified atom stereocenters. The second-order valence-electron chi connectivity index (χ2n) is 4.33. The molecule has 0 spiro atoms. The van der Waals surface area contributed by atoms with Gasteiger partial charge in [0.15, 0.2) is 0 Å². The number of methoxy groups -OCH3 is 2. The highest BCUT2D eigenvalue weighted by Crippen LogP contribution is 2.35. The zero-order valence-corrected chi connectivity index (χ0v) is 13.6. The normalized spacial score (nSPS) is 10.2. The zero-order chi connectivity index (χ0) is 14.7. The van der Waals surface area contributed by atoms with Gasteiger partial charge < -0.3 is 14.4 Å². The van der Waals surface area contributed by atoms with Crippen molar-refractivity contribution in [2.75, 3.05) is 26.2 Å². The maximum absolute atomic E-state index is 5.41. The molecule has 5 heteroatoms. The molecule has 0 aliphatic heterocycles. The molecular formula is C15H17BrN2O2. The molecular weight excluding hydrogens is 320 g/mol. The van der Waals surface area contributed by atoms with E-state index in [2.05, 4.69) is 20.9 Å². The molecule has 106 valence electrons. The highest BCUT2D eigenvalue weighted by molar-refractivity contribution is 9.10. The Morgan fingerprint density at radius 3 is 2.45 bits per heavy atom. The first-order valence-corrected chi connectivity index (χ1v) is 6.95. The van der Waals surface area contributed by atoms with Crippen LogP contribution >= 0.6 is 15.9 Å².